The normalized spacial score (nSPS) is 29.0. The molecule has 1 aliphatic carbocycles. The first-order valence-corrected chi connectivity index (χ1v) is 6.57. The highest BCUT2D eigenvalue weighted by molar-refractivity contribution is 7.99. The molecule has 2 aliphatic rings. The average Bonchev–Trinajstić information content (AvgIpc) is 2.84. The largest absolute Gasteiger partial charge is 0.337 e. The van der Waals surface area contributed by atoms with Crippen molar-refractivity contribution in [3.63, 3.8) is 0 Å². The van der Waals surface area contributed by atoms with Crippen molar-refractivity contribution >= 4 is 11.8 Å². The Hall–Kier alpha value is -0.550. The molecule has 0 radical (unpaired) electrons. The van der Waals surface area contributed by atoms with E-state index in [0.29, 0.717) is 11.1 Å². The second kappa shape index (κ2) is 3.49. The molecule has 82 valence electrons. The Morgan fingerprint density at radius 1 is 1.40 bits per heavy atom. The van der Waals surface area contributed by atoms with E-state index >= 15 is 0 Å². The molecular formula is C10H15N3OS. The summed E-state index contributed by atoms with van der Waals surface area (Å²) in [5.41, 5.74) is 5.82. The van der Waals surface area contributed by atoms with Crippen LogP contribution >= 0.6 is 11.8 Å². The van der Waals surface area contributed by atoms with Gasteiger partial charge in [-0.05, 0) is 37.9 Å². The maximum absolute atomic E-state index is 6.13. The molecule has 0 bridgehead atoms. The van der Waals surface area contributed by atoms with E-state index in [0.717, 1.165) is 18.7 Å². The van der Waals surface area contributed by atoms with Gasteiger partial charge in [-0.3, -0.25) is 0 Å². The summed E-state index contributed by atoms with van der Waals surface area (Å²) in [6, 6.07) is 0. The van der Waals surface area contributed by atoms with E-state index in [9.17, 15) is 0 Å². The van der Waals surface area contributed by atoms with Gasteiger partial charge in [-0.25, -0.2) is 0 Å². The van der Waals surface area contributed by atoms with Crippen LogP contribution in [0.1, 0.15) is 49.1 Å². The SMILES string of the molecule is NC1(c2nc(C3CCCS3)no2)CCC1. The van der Waals surface area contributed by atoms with Gasteiger partial charge in [0.2, 0.25) is 5.89 Å². The Kier molecular flexibility index (Phi) is 2.25. The first-order chi connectivity index (χ1) is 7.28. The molecule has 0 spiro atoms. The molecule has 3 rings (SSSR count). The Morgan fingerprint density at radius 3 is 2.87 bits per heavy atom. The molecule has 4 nitrogen and oxygen atoms in total. The van der Waals surface area contributed by atoms with E-state index in [1.807, 2.05) is 11.8 Å². The number of nitrogens with two attached hydrogens (primary N) is 1. The van der Waals surface area contributed by atoms with Crippen molar-refractivity contribution in [1.82, 2.24) is 10.1 Å². The van der Waals surface area contributed by atoms with Gasteiger partial charge in [0, 0.05) is 0 Å². The van der Waals surface area contributed by atoms with Crippen LogP contribution in [0.2, 0.25) is 0 Å². The summed E-state index contributed by atoms with van der Waals surface area (Å²) < 4.78 is 5.28. The van der Waals surface area contributed by atoms with Crippen LogP contribution in [0.3, 0.4) is 0 Å². The third-order valence-electron chi connectivity index (χ3n) is 3.33. The van der Waals surface area contributed by atoms with Crippen molar-refractivity contribution in [2.45, 2.75) is 42.9 Å². The lowest BCUT2D eigenvalue weighted by Crippen LogP contribution is -2.43. The Bertz CT molecular complexity index is 355. The van der Waals surface area contributed by atoms with Crippen LogP contribution in [0, 0.1) is 0 Å². The molecule has 1 atom stereocenters. The molecule has 2 heterocycles. The first-order valence-electron chi connectivity index (χ1n) is 5.52. The minimum absolute atomic E-state index is 0.311. The molecule has 1 saturated heterocycles. The predicted octanol–water partition coefficient (Wildman–Crippen LogP) is 1.98. The van der Waals surface area contributed by atoms with Crippen LogP contribution in [-0.4, -0.2) is 15.9 Å². The monoisotopic (exact) mass is 225 g/mol. The van der Waals surface area contributed by atoms with Crippen LogP contribution in [0.4, 0.5) is 0 Å². The number of hydrogen-bond donors (Lipinski definition) is 1. The molecule has 1 aromatic rings. The van der Waals surface area contributed by atoms with Gasteiger partial charge >= 0.3 is 0 Å². The van der Waals surface area contributed by atoms with Crippen molar-refractivity contribution in [2.75, 3.05) is 5.75 Å². The van der Waals surface area contributed by atoms with E-state index in [2.05, 4.69) is 10.1 Å². The molecule has 0 amide bonds. The van der Waals surface area contributed by atoms with E-state index < -0.39 is 0 Å². The van der Waals surface area contributed by atoms with Crippen LogP contribution in [0.15, 0.2) is 4.52 Å². The zero-order valence-electron chi connectivity index (χ0n) is 8.61. The highest BCUT2D eigenvalue weighted by Crippen LogP contribution is 2.41. The van der Waals surface area contributed by atoms with Gasteiger partial charge in [-0.2, -0.15) is 16.7 Å². The molecule has 0 aromatic carbocycles. The molecule has 1 aromatic heterocycles. The third kappa shape index (κ3) is 1.58. The smallest absolute Gasteiger partial charge is 0.246 e. The molecule has 1 unspecified atom stereocenters. The fourth-order valence-corrected chi connectivity index (χ4v) is 3.32. The fourth-order valence-electron chi connectivity index (χ4n) is 2.12. The van der Waals surface area contributed by atoms with Crippen LogP contribution < -0.4 is 5.73 Å². The van der Waals surface area contributed by atoms with Crippen LogP contribution in [0.5, 0.6) is 0 Å². The van der Waals surface area contributed by atoms with E-state index in [-0.39, 0.29) is 5.54 Å². The molecular weight excluding hydrogens is 210 g/mol. The summed E-state index contributed by atoms with van der Waals surface area (Å²) in [7, 11) is 0. The van der Waals surface area contributed by atoms with Crippen molar-refractivity contribution in [1.29, 1.82) is 0 Å². The van der Waals surface area contributed by atoms with Gasteiger partial charge in [0.05, 0.1) is 10.8 Å². The molecule has 1 saturated carbocycles. The molecule has 2 fully saturated rings. The van der Waals surface area contributed by atoms with Crippen molar-refractivity contribution < 1.29 is 4.52 Å². The van der Waals surface area contributed by atoms with Gasteiger partial charge in [0.25, 0.3) is 0 Å². The van der Waals surface area contributed by atoms with Crippen LogP contribution in [-0.2, 0) is 5.54 Å². The van der Waals surface area contributed by atoms with Gasteiger partial charge in [-0.15, -0.1) is 0 Å². The summed E-state index contributed by atoms with van der Waals surface area (Å²) >= 11 is 1.92. The van der Waals surface area contributed by atoms with Crippen molar-refractivity contribution in [3.8, 4) is 0 Å². The lowest BCUT2D eigenvalue weighted by Gasteiger charge is -2.33. The van der Waals surface area contributed by atoms with Crippen molar-refractivity contribution in [3.05, 3.63) is 11.7 Å². The summed E-state index contributed by atoms with van der Waals surface area (Å²) in [4.78, 5) is 4.46. The number of rotatable bonds is 2. The Labute approximate surface area is 93.0 Å². The van der Waals surface area contributed by atoms with Gasteiger partial charge in [0.15, 0.2) is 5.82 Å². The minimum atomic E-state index is -0.311. The first kappa shape index (κ1) is 9.66. The minimum Gasteiger partial charge on any atom is -0.337 e. The van der Waals surface area contributed by atoms with Gasteiger partial charge < -0.3 is 10.3 Å². The number of hydrogen-bond acceptors (Lipinski definition) is 5. The fraction of sp³-hybridized carbons (Fsp3) is 0.800. The maximum Gasteiger partial charge on any atom is 0.246 e. The molecule has 1 aliphatic heterocycles. The molecule has 15 heavy (non-hydrogen) atoms. The third-order valence-corrected chi connectivity index (χ3v) is 4.70. The van der Waals surface area contributed by atoms with Crippen molar-refractivity contribution in [2.24, 2.45) is 5.73 Å². The quantitative estimate of drug-likeness (QED) is 0.833. The summed E-state index contributed by atoms with van der Waals surface area (Å²) in [5, 5.41) is 4.50. The number of aromatic nitrogens is 2. The average molecular weight is 225 g/mol. The lowest BCUT2D eigenvalue weighted by atomic mass is 9.78. The Balaban J connectivity index is 1.80. The maximum atomic E-state index is 6.13. The Morgan fingerprint density at radius 2 is 2.27 bits per heavy atom. The standard InChI is InChI=1S/C10H15N3OS/c11-10(4-2-5-10)9-12-8(13-14-9)7-3-1-6-15-7/h7H,1-6,11H2. The summed E-state index contributed by atoms with van der Waals surface area (Å²) in [5.74, 6) is 2.71. The zero-order chi connectivity index (χ0) is 10.3. The van der Waals surface area contributed by atoms with Gasteiger partial charge in [0.1, 0.15) is 0 Å². The summed E-state index contributed by atoms with van der Waals surface area (Å²) in [6.07, 6.45) is 5.56. The highest BCUT2D eigenvalue weighted by Gasteiger charge is 2.40. The van der Waals surface area contributed by atoms with E-state index in [4.69, 9.17) is 10.3 Å². The molecule has 2 N–H and O–H groups in total. The second-order valence-corrected chi connectivity index (χ2v) is 5.78. The van der Waals surface area contributed by atoms with E-state index in [1.54, 1.807) is 0 Å². The van der Waals surface area contributed by atoms with E-state index in [1.165, 1.54) is 25.0 Å². The van der Waals surface area contributed by atoms with Crippen LogP contribution in [0.25, 0.3) is 0 Å². The molecule has 5 heteroatoms. The number of thioether (sulfide) groups is 1. The lowest BCUT2D eigenvalue weighted by molar-refractivity contribution is 0.181. The zero-order valence-corrected chi connectivity index (χ0v) is 9.42. The number of nitrogens with zero attached hydrogens (tertiary/aromatic N) is 2. The predicted molar refractivity (Wildman–Crippen MR) is 58.4 cm³/mol. The highest BCUT2D eigenvalue weighted by atomic mass is 32.2. The topological polar surface area (TPSA) is 64.9 Å². The second-order valence-electron chi connectivity index (χ2n) is 4.47. The summed E-state index contributed by atoms with van der Waals surface area (Å²) in [6.45, 7) is 0. The van der Waals surface area contributed by atoms with Gasteiger partial charge in [-0.1, -0.05) is 5.16 Å².